The summed E-state index contributed by atoms with van der Waals surface area (Å²) in [5, 5.41) is 10.3. The number of hydrogen-bond acceptors (Lipinski definition) is 4. The molecular formula is C21H22F2N4O. The van der Waals surface area contributed by atoms with Crippen LogP contribution in [0.5, 0.6) is 5.88 Å². The van der Waals surface area contributed by atoms with E-state index in [1.807, 2.05) is 4.90 Å². The summed E-state index contributed by atoms with van der Waals surface area (Å²) >= 11 is 0. The Morgan fingerprint density at radius 3 is 2.75 bits per heavy atom. The van der Waals surface area contributed by atoms with Gasteiger partial charge >= 0.3 is 0 Å². The first-order valence-electron chi connectivity index (χ1n) is 9.29. The third kappa shape index (κ3) is 3.57. The Labute approximate surface area is 161 Å². The molecule has 146 valence electrons. The van der Waals surface area contributed by atoms with Crippen LogP contribution in [0.15, 0.2) is 41.4 Å². The van der Waals surface area contributed by atoms with Gasteiger partial charge in [-0.1, -0.05) is 6.07 Å². The number of anilines is 1. The minimum absolute atomic E-state index is 0.172. The Morgan fingerprint density at radius 1 is 1.07 bits per heavy atom. The number of aromatic hydroxyl groups is 1. The molecule has 0 radical (unpaired) electrons. The van der Waals surface area contributed by atoms with E-state index in [0.717, 1.165) is 32.6 Å². The van der Waals surface area contributed by atoms with E-state index in [9.17, 15) is 13.9 Å². The first kappa shape index (κ1) is 18.4. The molecule has 0 saturated carbocycles. The fraction of sp³-hybridized carbons (Fsp3) is 0.286. The standard InChI is InChI=1S/C21H22F2N4O/c1-26-8-3-9-27(11-10-26)19-7-6-14(12-17(19)23)24-13-15-20-16(22)4-2-5-18(20)25-21(15)28/h2,4-7,12-13,25,28H,3,8-11H2,1H3. The fourth-order valence-corrected chi connectivity index (χ4v) is 3.60. The SMILES string of the molecule is CN1CCCN(c2ccc(N=Cc3c(O)[nH]c4cccc(F)c34)cc2F)CC1. The van der Waals surface area contributed by atoms with Crippen molar-refractivity contribution in [2.24, 2.45) is 4.99 Å². The summed E-state index contributed by atoms with van der Waals surface area (Å²) in [6.45, 7) is 3.49. The second-order valence-corrected chi connectivity index (χ2v) is 7.09. The van der Waals surface area contributed by atoms with Crippen LogP contribution in [-0.2, 0) is 0 Å². The number of benzene rings is 2. The first-order valence-corrected chi connectivity index (χ1v) is 9.29. The van der Waals surface area contributed by atoms with Gasteiger partial charge in [0.2, 0.25) is 0 Å². The Balaban J connectivity index is 1.60. The Kier molecular flexibility index (Phi) is 5.00. The van der Waals surface area contributed by atoms with Crippen LogP contribution in [-0.4, -0.2) is 54.4 Å². The summed E-state index contributed by atoms with van der Waals surface area (Å²) in [5.41, 5.74) is 1.69. The predicted molar refractivity (Wildman–Crippen MR) is 108 cm³/mol. The molecule has 0 bridgehead atoms. The highest BCUT2D eigenvalue weighted by Crippen LogP contribution is 2.29. The summed E-state index contributed by atoms with van der Waals surface area (Å²) in [5.74, 6) is -0.966. The zero-order chi connectivity index (χ0) is 19.7. The maximum Gasteiger partial charge on any atom is 0.198 e. The Morgan fingerprint density at radius 2 is 1.93 bits per heavy atom. The van der Waals surface area contributed by atoms with Crippen LogP contribution in [0.2, 0.25) is 0 Å². The van der Waals surface area contributed by atoms with E-state index in [0.29, 0.717) is 16.9 Å². The van der Waals surface area contributed by atoms with E-state index in [-0.39, 0.29) is 22.6 Å². The maximum absolute atomic E-state index is 14.7. The summed E-state index contributed by atoms with van der Waals surface area (Å²) in [6.07, 6.45) is 2.34. The third-order valence-electron chi connectivity index (χ3n) is 5.13. The van der Waals surface area contributed by atoms with E-state index >= 15 is 0 Å². The molecule has 0 spiro atoms. The normalized spacial score (nSPS) is 16.2. The highest BCUT2D eigenvalue weighted by Gasteiger charge is 2.16. The number of nitrogens with one attached hydrogen (secondary N) is 1. The molecule has 1 aromatic heterocycles. The minimum Gasteiger partial charge on any atom is -0.494 e. The number of H-pyrrole nitrogens is 1. The molecule has 28 heavy (non-hydrogen) atoms. The molecule has 0 unspecified atom stereocenters. The van der Waals surface area contributed by atoms with Crippen LogP contribution in [0.3, 0.4) is 0 Å². The topological polar surface area (TPSA) is 54.9 Å². The van der Waals surface area contributed by atoms with Crippen LogP contribution >= 0.6 is 0 Å². The Bertz CT molecular complexity index is 1030. The molecule has 7 heteroatoms. The van der Waals surface area contributed by atoms with E-state index < -0.39 is 5.82 Å². The summed E-state index contributed by atoms with van der Waals surface area (Å²) in [4.78, 5) is 11.2. The number of aromatic amines is 1. The Hall–Kier alpha value is -2.93. The molecule has 3 aromatic rings. The van der Waals surface area contributed by atoms with Gasteiger partial charge in [-0.15, -0.1) is 0 Å². The van der Waals surface area contributed by atoms with E-state index in [4.69, 9.17) is 0 Å². The average molecular weight is 384 g/mol. The van der Waals surface area contributed by atoms with Gasteiger partial charge in [0.1, 0.15) is 11.6 Å². The van der Waals surface area contributed by atoms with Gasteiger partial charge in [0.25, 0.3) is 0 Å². The van der Waals surface area contributed by atoms with Gasteiger partial charge in [-0.05, 0) is 44.3 Å². The van der Waals surface area contributed by atoms with E-state index in [1.54, 1.807) is 24.3 Å². The minimum atomic E-state index is -0.455. The number of halogens is 2. The lowest BCUT2D eigenvalue weighted by molar-refractivity contribution is 0.360. The molecule has 2 heterocycles. The zero-order valence-electron chi connectivity index (χ0n) is 15.6. The number of nitrogens with zero attached hydrogens (tertiary/aromatic N) is 3. The molecule has 1 saturated heterocycles. The number of aliphatic imine (C=N–C) groups is 1. The van der Waals surface area contributed by atoms with Crippen molar-refractivity contribution in [3.8, 4) is 5.88 Å². The highest BCUT2D eigenvalue weighted by molar-refractivity contribution is 6.02. The number of fused-ring (bicyclic) bond motifs is 1. The van der Waals surface area contributed by atoms with Crippen LogP contribution < -0.4 is 4.90 Å². The second kappa shape index (κ2) is 7.59. The molecule has 0 amide bonds. The van der Waals surface area contributed by atoms with Crippen molar-refractivity contribution < 1.29 is 13.9 Å². The van der Waals surface area contributed by atoms with Gasteiger partial charge in [-0.25, -0.2) is 8.78 Å². The lowest BCUT2D eigenvalue weighted by atomic mass is 10.1. The number of aromatic nitrogens is 1. The van der Waals surface area contributed by atoms with Gasteiger partial charge in [0, 0.05) is 37.3 Å². The van der Waals surface area contributed by atoms with Crippen LogP contribution in [0.1, 0.15) is 12.0 Å². The van der Waals surface area contributed by atoms with Crippen molar-refractivity contribution in [3.05, 3.63) is 53.6 Å². The number of rotatable bonds is 3. The van der Waals surface area contributed by atoms with Crippen molar-refractivity contribution in [3.63, 3.8) is 0 Å². The monoisotopic (exact) mass is 384 g/mol. The smallest absolute Gasteiger partial charge is 0.198 e. The van der Waals surface area contributed by atoms with Crippen molar-refractivity contribution >= 4 is 28.5 Å². The molecule has 2 N–H and O–H groups in total. The molecule has 1 fully saturated rings. The number of hydrogen-bond donors (Lipinski definition) is 2. The molecular weight excluding hydrogens is 362 g/mol. The van der Waals surface area contributed by atoms with Crippen LogP contribution in [0.25, 0.3) is 10.9 Å². The third-order valence-corrected chi connectivity index (χ3v) is 5.13. The van der Waals surface area contributed by atoms with Crippen molar-refractivity contribution in [2.75, 3.05) is 38.1 Å². The van der Waals surface area contributed by atoms with E-state index in [2.05, 4.69) is 21.9 Å². The largest absolute Gasteiger partial charge is 0.494 e. The predicted octanol–water partition coefficient (Wildman–Crippen LogP) is 4.04. The average Bonchev–Trinajstić information content (AvgIpc) is 2.84. The van der Waals surface area contributed by atoms with Crippen molar-refractivity contribution in [1.82, 2.24) is 9.88 Å². The molecule has 1 aliphatic heterocycles. The second-order valence-electron chi connectivity index (χ2n) is 7.09. The van der Waals surface area contributed by atoms with Gasteiger partial charge in [0.15, 0.2) is 5.88 Å². The maximum atomic E-state index is 14.7. The molecule has 0 atom stereocenters. The van der Waals surface area contributed by atoms with Crippen molar-refractivity contribution in [1.29, 1.82) is 0 Å². The van der Waals surface area contributed by atoms with Gasteiger partial charge < -0.3 is 19.9 Å². The van der Waals surface area contributed by atoms with Gasteiger partial charge in [-0.3, -0.25) is 4.99 Å². The molecule has 1 aliphatic rings. The van der Waals surface area contributed by atoms with Crippen LogP contribution in [0.4, 0.5) is 20.2 Å². The quantitative estimate of drug-likeness (QED) is 0.670. The van der Waals surface area contributed by atoms with Gasteiger partial charge in [0.05, 0.1) is 22.5 Å². The molecule has 4 rings (SSSR count). The van der Waals surface area contributed by atoms with E-state index in [1.165, 1.54) is 18.3 Å². The fourth-order valence-electron chi connectivity index (χ4n) is 3.60. The number of likely N-dealkylation sites (N-methyl/N-ethyl adjacent to an activating group) is 1. The molecule has 0 aliphatic carbocycles. The van der Waals surface area contributed by atoms with Crippen molar-refractivity contribution in [2.45, 2.75) is 6.42 Å². The summed E-state index contributed by atoms with van der Waals surface area (Å²) < 4.78 is 28.8. The first-order chi connectivity index (χ1) is 13.5. The van der Waals surface area contributed by atoms with Crippen LogP contribution in [0, 0.1) is 11.6 Å². The lowest BCUT2D eigenvalue weighted by Gasteiger charge is -2.23. The molecule has 5 nitrogen and oxygen atoms in total. The zero-order valence-corrected chi connectivity index (χ0v) is 15.6. The van der Waals surface area contributed by atoms with Gasteiger partial charge in [-0.2, -0.15) is 0 Å². The summed E-state index contributed by atoms with van der Waals surface area (Å²) in [7, 11) is 2.07. The highest BCUT2D eigenvalue weighted by atomic mass is 19.1. The summed E-state index contributed by atoms with van der Waals surface area (Å²) in [6, 6.07) is 9.36. The molecule has 2 aromatic carbocycles. The lowest BCUT2D eigenvalue weighted by Crippen LogP contribution is -2.29.